The van der Waals surface area contributed by atoms with Gasteiger partial charge in [-0.15, -0.1) is 0 Å². The number of nitrogens with zero attached hydrogens (tertiary/aromatic N) is 3. The van der Waals surface area contributed by atoms with Crippen LogP contribution < -0.4 is 5.32 Å². The summed E-state index contributed by atoms with van der Waals surface area (Å²) in [5, 5.41) is 3.01. The molecule has 1 N–H and O–H groups in total. The second-order valence-corrected chi connectivity index (χ2v) is 7.78. The smallest absolute Gasteiger partial charge is 0.244 e. The van der Waals surface area contributed by atoms with E-state index in [1.165, 1.54) is 6.07 Å². The van der Waals surface area contributed by atoms with Gasteiger partial charge in [0.15, 0.2) is 0 Å². The van der Waals surface area contributed by atoms with E-state index in [4.69, 9.17) is 0 Å². The van der Waals surface area contributed by atoms with Gasteiger partial charge in [0.1, 0.15) is 17.4 Å². The number of carbonyl (C=O) groups is 2. The van der Waals surface area contributed by atoms with Crippen molar-refractivity contribution in [3.63, 3.8) is 0 Å². The van der Waals surface area contributed by atoms with Gasteiger partial charge in [-0.3, -0.25) is 19.4 Å². The third-order valence-corrected chi connectivity index (χ3v) is 5.96. The fourth-order valence-corrected chi connectivity index (χ4v) is 4.28. The van der Waals surface area contributed by atoms with Gasteiger partial charge in [0, 0.05) is 31.7 Å². The zero-order valence-electron chi connectivity index (χ0n) is 16.4. The number of halogens is 1. The molecule has 2 heterocycles. The van der Waals surface area contributed by atoms with E-state index < -0.39 is 11.6 Å². The molecule has 1 atom stereocenters. The van der Waals surface area contributed by atoms with Crippen molar-refractivity contribution in [1.82, 2.24) is 20.0 Å². The number of amides is 2. The minimum Gasteiger partial charge on any atom is -0.354 e. The van der Waals surface area contributed by atoms with Gasteiger partial charge in [0.05, 0.1) is 0 Å². The Balaban J connectivity index is 1.77. The number of nitrogens with one attached hydrogen (secondary N) is 1. The van der Waals surface area contributed by atoms with Crippen LogP contribution in [0, 0.1) is 5.82 Å². The van der Waals surface area contributed by atoms with Crippen LogP contribution in [0.3, 0.4) is 0 Å². The summed E-state index contributed by atoms with van der Waals surface area (Å²) in [4.78, 5) is 31.5. The van der Waals surface area contributed by atoms with Gasteiger partial charge in [0.2, 0.25) is 11.8 Å². The van der Waals surface area contributed by atoms with E-state index in [-0.39, 0.29) is 17.6 Å². The first-order valence-electron chi connectivity index (χ1n) is 9.56. The molecular weight excluding hydrogens is 347 g/mol. The van der Waals surface area contributed by atoms with Crippen molar-refractivity contribution in [2.75, 3.05) is 47.3 Å². The van der Waals surface area contributed by atoms with E-state index in [0.717, 1.165) is 13.0 Å². The van der Waals surface area contributed by atoms with Crippen molar-refractivity contribution >= 4 is 11.8 Å². The Morgan fingerprint density at radius 2 is 1.89 bits per heavy atom. The highest BCUT2D eigenvalue weighted by atomic mass is 19.1. The molecule has 1 aromatic rings. The van der Waals surface area contributed by atoms with Crippen molar-refractivity contribution < 1.29 is 14.0 Å². The minimum absolute atomic E-state index is 0.0628. The lowest BCUT2D eigenvalue weighted by atomic mass is 9.84. The van der Waals surface area contributed by atoms with Crippen LogP contribution in [0.5, 0.6) is 0 Å². The largest absolute Gasteiger partial charge is 0.354 e. The number of rotatable bonds is 3. The Morgan fingerprint density at radius 1 is 1.22 bits per heavy atom. The van der Waals surface area contributed by atoms with Gasteiger partial charge >= 0.3 is 0 Å². The maximum absolute atomic E-state index is 14.3. The average molecular weight is 376 g/mol. The Hall–Kier alpha value is -1.99. The zero-order valence-corrected chi connectivity index (χ0v) is 16.4. The van der Waals surface area contributed by atoms with Crippen LogP contribution in [-0.4, -0.2) is 79.4 Å². The summed E-state index contributed by atoms with van der Waals surface area (Å²) in [7, 11) is 5.56. The fourth-order valence-electron chi connectivity index (χ4n) is 4.28. The Kier molecular flexibility index (Phi) is 5.81. The predicted molar refractivity (Wildman–Crippen MR) is 102 cm³/mol. The third kappa shape index (κ3) is 3.71. The fraction of sp³-hybridized carbons (Fsp3) is 0.600. The molecule has 7 heteroatoms. The summed E-state index contributed by atoms with van der Waals surface area (Å²) < 4.78 is 14.3. The maximum atomic E-state index is 14.3. The third-order valence-electron chi connectivity index (χ3n) is 5.96. The second-order valence-electron chi connectivity index (χ2n) is 7.78. The number of likely N-dealkylation sites (tertiary alicyclic amines) is 1. The van der Waals surface area contributed by atoms with Crippen LogP contribution in [-0.2, 0) is 9.59 Å². The maximum Gasteiger partial charge on any atom is 0.244 e. The van der Waals surface area contributed by atoms with Gasteiger partial charge < -0.3 is 10.2 Å². The summed E-state index contributed by atoms with van der Waals surface area (Å²) in [5.74, 6) is -0.426. The molecule has 2 aliphatic rings. The van der Waals surface area contributed by atoms with E-state index in [1.54, 1.807) is 42.1 Å². The predicted octanol–water partition coefficient (Wildman–Crippen LogP) is 1.24. The summed E-state index contributed by atoms with van der Waals surface area (Å²) in [6.45, 7) is 2.55. The summed E-state index contributed by atoms with van der Waals surface area (Å²) >= 11 is 0. The molecule has 0 aliphatic carbocycles. The molecular formula is C20H29FN4O2. The van der Waals surface area contributed by atoms with Crippen LogP contribution in [0.4, 0.5) is 4.39 Å². The van der Waals surface area contributed by atoms with Crippen LogP contribution in [0.1, 0.15) is 30.9 Å². The number of benzene rings is 1. The monoisotopic (exact) mass is 376 g/mol. The molecule has 148 valence electrons. The first kappa shape index (κ1) is 19.8. The van der Waals surface area contributed by atoms with Crippen LogP contribution in [0.2, 0.25) is 0 Å². The van der Waals surface area contributed by atoms with Gasteiger partial charge in [0.25, 0.3) is 0 Å². The summed E-state index contributed by atoms with van der Waals surface area (Å²) in [5.41, 5.74) is -0.157. The van der Waals surface area contributed by atoms with Crippen molar-refractivity contribution in [2.24, 2.45) is 0 Å². The van der Waals surface area contributed by atoms with Gasteiger partial charge in [-0.1, -0.05) is 18.2 Å². The van der Waals surface area contributed by atoms with Crippen LogP contribution in [0.25, 0.3) is 0 Å². The topological polar surface area (TPSA) is 55.9 Å². The Labute approximate surface area is 160 Å². The lowest BCUT2D eigenvalue weighted by molar-refractivity contribution is -0.144. The van der Waals surface area contributed by atoms with E-state index in [9.17, 15) is 14.0 Å². The molecule has 1 aromatic carbocycles. The summed E-state index contributed by atoms with van der Waals surface area (Å²) in [6.07, 6.45) is 2.12. The highest BCUT2D eigenvalue weighted by molar-refractivity contribution is 5.88. The standard InChI is InChI=1S/C20H29FN4O2/c1-23(2)17(15-7-4-5-8-16(15)21)18(26)25-13-9-20(10-14-25)19(27)22-11-6-12-24(20)3/h4-5,7-8,17H,6,9-14H2,1-3H3,(H,22,27)/t17-/m0/s1. The quantitative estimate of drug-likeness (QED) is 0.863. The molecule has 6 nitrogen and oxygen atoms in total. The summed E-state index contributed by atoms with van der Waals surface area (Å²) in [6, 6.07) is 5.76. The highest BCUT2D eigenvalue weighted by Gasteiger charge is 2.46. The van der Waals surface area contributed by atoms with Crippen molar-refractivity contribution in [2.45, 2.75) is 30.8 Å². The normalized spacial score (nSPS) is 21.8. The Morgan fingerprint density at radius 3 is 2.52 bits per heavy atom. The number of likely N-dealkylation sites (N-methyl/N-ethyl adjacent to an activating group) is 2. The van der Waals surface area contributed by atoms with E-state index in [1.807, 2.05) is 7.05 Å². The Bertz CT molecular complexity index is 701. The molecule has 3 rings (SSSR count). The van der Waals surface area contributed by atoms with Crippen molar-refractivity contribution in [3.8, 4) is 0 Å². The first-order chi connectivity index (χ1) is 12.9. The number of piperidine rings is 1. The molecule has 0 unspecified atom stereocenters. The van der Waals surface area contributed by atoms with E-state index in [2.05, 4.69) is 10.2 Å². The van der Waals surface area contributed by atoms with Crippen molar-refractivity contribution in [3.05, 3.63) is 35.6 Å². The molecule has 2 amide bonds. The average Bonchev–Trinajstić information content (AvgIpc) is 2.78. The van der Waals surface area contributed by atoms with Crippen LogP contribution >= 0.6 is 0 Å². The number of hydrogen-bond donors (Lipinski definition) is 1. The molecule has 2 fully saturated rings. The number of hydrogen-bond acceptors (Lipinski definition) is 4. The molecule has 0 bridgehead atoms. The lowest BCUT2D eigenvalue weighted by Crippen LogP contribution is -2.61. The highest BCUT2D eigenvalue weighted by Crippen LogP contribution is 2.32. The molecule has 1 spiro atoms. The minimum atomic E-state index is -0.666. The van der Waals surface area contributed by atoms with Gasteiger partial charge in [-0.25, -0.2) is 4.39 Å². The van der Waals surface area contributed by atoms with Gasteiger partial charge in [-0.2, -0.15) is 0 Å². The van der Waals surface area contributed by atoms with Gasteiger partial charge in [-0.05, 0) is 46.5 Å². The molecule has 0 saturated carbocycles. The second kappa shape index (κ2) is 7.94. The van der Waals surface area contributed by atoms with Crippen LogP contribution in [0.15, 0.2) is 24.3 Å². The van der Waals surface area contributed by atoms with E-state index >= 15 is 0 Å². The molecule has 2 saturated heterocycles. The van der Waals surface area contributed by atoms with E-state index in [0.29, 0.717) is 38.0 Å². The molecule has 27 heavy (non-hydrogen) atoms. The lowest BCUT2D eigenvalue weighted by Gasteiger charge is -2.45. The molecule has 0 aromatic heterocycles. The molecule has 0 radical (unpaired) electrons. The SMILES string of the molecule is CN(C)[C@H](C(=O)N1CCC2(CC1)C(=O)NCCCN2C)c1ccccc1F. The van der Waals surface area contributed by atoms with Crippen molar-refractivity contribution in [1.29, 1.82) is 0 Å². The zero-order chi connectivity index (χ0) is 19.6. The number of carbonyl (C=O) groups excluding carboxylic acids is 2. The molecule has 2 aliphatic heterocycles. The first-order valence-corrected chi connectivity index (χ1v) is 9.56.